The second-order valence-electron chi connectivity index (χ2n) is 7.23. The van der Waals surface area contributed by atoms with Crippen molar-refractivity contribution in [3.05, 3.63) is 29.8 Å². The number of anilines is 1. The van der Waals surface area contributed by atoms with Crippen LogP contribution in [-0.4, -0.2) is 54.7 Å². The van der Waals surface area contributed by atoms with Crippen molar-refractivity contribution in [3.63, 3.8) is 0 Å². The van der Waals surface area contributed by atoms with Crippen molar-refractivity contribution in [1.82, 2.24) is 10.2 Å². The summed E-state index contributed by atoms with van der Waals surface area (Å²) in [5.74, 6) is 0.171. The number of nitrogens with zero attached hydrogens (tertiary/aromatic N) is 2. The Kier molecular flexibility index (Phi) is 5.48. The van der Waals surface area contributed by atoms with Gasteiger partial charge in [-0.05, 0) is 37.0 Å². The minimum atomic E-state index is -4.39. The van der Waals surface area contributed by atoms with E-state index in [0.717, 1.165) is 29.9 Å². The number of nitrogens with one attached hydrogen (secondary N) is 1. The van der Waals surface area contributed by atoms with Crippen molar-refractivity contribution in [2.45, 2.75) is 19.0 Å². The Hall–Kier alpha value is -2.45. The van der Waals surface area contributed by atoms with E-state index in [0.29, 0.717) is 31.2 Å². The molecule has 0 atom stereocenters. The summed E-state index contributed by atoms with van der Waals surface area (Å²) >= 11 is 0. The van der Waals surface area contributed by atoms with Crippen LogP contribution in [-0.2, 0) is 11.0 Å². The van der Waals surface area contributed by atoms with Crippen LogP contribution in [0.3, 0.4) is 0 Å². The topological polar surface area (TPSA) is 72.9 Å². The first-order chi connectivity index (χ1) is 12.7. The Morgan fingerprint density at radius 3 is 2.52 bits per heavy atom. The third-order valence-corrected chi connectivity index (χ3v) is 4.86. The Bertz CT molecular complexity index is 701. The lowest BCUT2D eigenvalue weighted by Gasteiger charge is -2.42. The molecule has 2 amide bonds. The van der Waals surface area contributed by atoms with Crippen molar-refractivity contribution in [3.8, 4) is 0 Å². The van der Waals surface area contributed by atoms with E-state index in [2.05, 4.69) is 5.32 Å². The maximum absolute atomic E-state index is 12.8. The highest BCUT2D eigenvalue weighted by atomic mass is 19.4. The summed E-state index contributed by atoms with van der Waals surface area (Å²) in [5, 5.41) is 12.0. The monoisotopic (exact) mass is 385 g/mol. The van der Waals surface area contributed by atoms with Gasteiger partial charge in [-0.15, -0.1) is 0 Å². The van der Waals surface area contributed by atoms with Crippen LogP contribution < -0.4 is 10.2 Å². The van der Waals surface area contributed by atoms with E-state index in [4.69, 9.17) is 0 Å². The molecule has 0 aromatic heterocycles. The standard InChI is InChI=1S/C18H22F3N3O3/c19-18(20,21)14-2-1-3-15(6-14)23-8-13(9-23)10-24(17(26)27)11-16(25)22-7-12-4-5-12/h1-3,6,12-13H,4-5,7-11H2,(H,22,25)(H,26,27). The van der Waals surface area contributed by atoms with Crippen molar-refractivity contribution < 1.29 is 27.9 Å². The zero-order valence-corrected chi connectivity index (χ0v) is 14.7. The third kappa shape index (κ3) is 5.27. The Labute approximate surface area is 154 Å². The first-order valence-electron chi connectivity index (χ1n) is 8.89. The van der Waals surface area contributed by atoms with Crippen molar-refractivity contribution in [1.29, 1.82) is 0 Å². The van der Waals surface area contributed by atoms with E-state index in [1.165, 1.54) is 6.07 Å². The number of benzene rings is 1. The summed E-state index contributed by atoms with van der Waals surface area (Å²) in [5.41, 5.74) is -0.243. The lowest BCUT2D eigenvalue weighted by molar-refractivity contribution is -0.137. The zero-order valence-electron chi connectivity index (χ0n) is 14.7. The van der Waals surface area contributed by atoms with Crippen molar-refractivity contribution in [2.24, 2.45) is 11.8 Å². The van der Waals surface area contributed by atoms with Gasteiger partial charge in [0.15, 0.2) is 0 Å². The van der Waals surface area contributed by atoms with E-state index >= 15 is 0 Å². The normalized spacial score (nSPS) is 17.4. The molecule has 0 bridgehead atoms. The molecule has 3 rings (SSSR count). The predicted molar refractivity (Wildman–Crippen MR) is 92.5 cm³/mol. The summed E-state index contributed by atoms with van der Waals surface area (Å²) < 4.78 is 38.4. The fourth-order valence-electron chi connectivity index (χ4n) is 3.11. The molecule has 1 heterocycles. The SMILES string of the molecule is O=C(CN(CC1CN(c2cccc(C(F)(F)F)c2)C1)C(=O)O)NCC1CC1. The molecule has 0 spiro atoms. The molecule has 148 valence electrons. The molecule has 1 saturated heterocycles. The van der Waals surface area contributed by atoms with E-state index in [-0.39, 0.29) is 24.9 Å². The number of alkyl halides is 3. The summed E-state index contributed by atoms with van der Waals surface area (Å²) in [7, 11) is 0. The molecule has 1 saturated carbocycles. The smallest absolute Gasteiger partial charge is 0.416 e. The highest BCUT2D eigenvalue weighted by Gasteiger charge is 2.34. The van der Waals surface area contributed by atoms with Gasteiger partial charge in [-0.3, -0.25) is 9.69 Å². The Morgan fingerprint density at radius 1 is 1.22 bits per heavy atom. The fraction of sp³-hybridized carbons (Fsp3) is 0.556. The molecular formula is C18H22F3N3O3. The minimum Gasteiger partial charge on any atom is -0.465 e. The summed E-state index contributed by atoms with van der Waals surface area (Å²) in [6.45, 7) is 1.45. The van der Waals surface area contributed by atoms with Crippen LogP contribution in [0.1, 0.15) is 18.4 Å². The van der Waals surface area contributed by atoms with E-state index in [9.17, 15) is 27.9 Å². The highest BCUT2D eigenvalue weighted by molar-refractivity contribution is 5.81. The Morgan fingerprint density at radius 2 is 1.93 bits per heavy atom. The average molecular weight is 385 g/mol. The molecule has 27 heavy (non-hydrogen) atoms. The number of hydrogen-bond donors (Lipinski definition) is 2. The summed E-state index contributed by atoms with van der Waals surface area (Å²) in [6, 6.07) is 5.08. The molecule has 1 aliphatic carbocycles. The largest absolute Gasteiger partial charge is 0.465 e. The molecule has 1 aromatic carbocycles. The summed E-state index contributed by atoms with van der Waals surface area (Å²) in [4.78, 5) is 26.1. The zero-order chi connectivity index (χ0) is 19.6. The number of carbonyl (C=O) groups is 2. The van der Waals surface area contributed by atoms with Crippen LogP contribution in [0.4, 0.5) is 23.7 Å². The van der Waals surface area contributed by atoms with Gasteiger partial charge in [0.2, 0.25) is 5.91 Å². The van der Waals surface area contributed by atoms with Gasteiger partial charge in [0, 0.05) is 37.8 Å². The van der Waals surface area contributed by atoms with Crippen LogP contribution >= 0.6 is 0 Å². The van der Waals surface area contributed by atoms with Gasteiger partial charge >= 0.3 is 12.3 Å². The lowest BCUT2D eigenvalue weighted by Crippen LogP contribution is -2.53. The van der Waals surface area contributed by atoms with Gasteiger partial charge in [-0.25, -0.2) is 4.79 Å². The molecule has 2 fully saturated rings. The minimum absolute atomic E-state index is 0.0214. The Balaban J connectivity index is 1.49. The second-order valence-corrected chi connectivity index (χ2v) is 7.23. The van der Waals surface area contributed by atoms with Gasteiger partial charge in [0.05, 0.1) is 5.56 Å². The lowest BCUT2D eigenvalue weighted by atomic mass is 9.98. The average Bonchev–Trinajstić information content (AvgIpc) is 3.38. The third-order valence-electron chi connectivity index (χ3n) is 4.86. The first-order valence-corrected chi connectivity index (χ1v) is 8.89. The number of rotatable bonds is 7. The molecule has 1 aliphatic heterocycles. The summed E-state index contributed by atoms with van der Waals surface area (Å²) in [6.07, 6.45) is -3.38. The molecule has 0 radical (unpaired) electrons. The predicted octanol–water partition coefficient (Wildman–Crippen LogP) is 2.65. The molecule has 0 unspecified atom stereocenters. The van der Waals surface area contributed by atoms with Gasteiger partial charge in [0.1, 0.15) is 6.54 Å². The van der Waals surface area contributed by atoms with Gasteiger partial charge in [-0.2, -0.15) is 13.2 Å². The van der Waals surface area contributed by atoms with E-state index in [1.807, 2.05) is 0 Å². The quantitative estimate of drug-likeness (QED) is 0.757. The fourth-order valence-corrected chi connectivity index (χ4v) is 3.11. The van der Waals surface area contributed by atoms with Gasteiger partial charge in [0.25, 0.3) is 0 Å². The van der Waals surface area contributed by atoms with Crippen LogP contribution in [0.15, 0.2) is 24.3 Å². The van der Waals surface area contributed by atoms with Gasteiger partial charge in [-0.1, -0.05) is 6.07 Å². The van der Waals surface area contributed by atoms with E-state index < -0.39 is 17.8 Å². The maximum atomic E-state index is 12.8. The number of carbonyl (C=O) groups excluding carboxylic acids is 1. The van der Waals surface area contributed by atoms with Crippen molar-refractivity contribution >= 4 is 17.7 Å². The van der Waals surface area contributed by atoms with Crippen molar-refractivity contribution in [2.75, 3.05) is 37.6 Å². The molecular weight excluding hydrogens is 363 g/mol. The number of amides is 2. The van der Waals surface area contributed by atoms with Crippen LogP contribution in [0.5, 0.6) is 0 Å². The molecule has 6 nitrogen and oxygen atoms in total. The number of carboxylic acid groups (broad SMARTS) is 1. The van der Waals surface area contributed by atoms with Crippen LogP contribution in [0, 0.1) is 11.8 Å². The van der Waals surface area contributed by atoms with Gasteiger partial charge < -0.3 is 15.3 Å². The number of hydrogen-bond acceptors (Lipinski definition) is 3. The number of halogens is 3. The van der Waals surface area contributed by atoms with Crippen LogP contribution in [0.25, 0.3) is 0 Å². The highest BCUT2D eigenvalue weighted by Crippen LogP contribution is 2.33. The first kappa shape index (κ1) is 19.3. The molecule has 9 heteroatoms. The maximum Gasteiger partial charge on any atom is 0.416 e. The second kappa shape index (κ2) is 7.66. The molecule has 1 aromatic rings. The molecule has 2 N–H and O–H groups in total. The van der Waals surface area contributed by atoms with E-state index in [1.54, 1.807) is 11.0 Å². The molecule has 2 aliphatic rings. The van der Waals surface area contributed by atoms with Crippen LogP contribution in [0.2, 0.25) is 0 Å².